The summed E-state index contributed by atoms with van der Waals surface area (Å²) >= 11 is 0. The molecule has 32 aromatic rings. The molecule has 0 bridgehead atoms. The van der Waals surface area contributed by atoms with E-state index in [1.807, 2.05) is 60.7 Å². The first kappa shape index (κ1) is 77.1. The molecule has 0 aliphatic carbocycles. The van der Waals surface area contributed by atoms with Crippen molar-refractivity contribution in [1.29, 1.82) is 0 Å². The van der Waals surface area contributed by atoms with Crippen molar-refractivity contribution in [3.8, 4) is 68.7 Å². The molecular weight excluding hydrogens is 1780 g/mol. The molecule has 0 unspecified atom stereocenters. The van der Waals surface area contributed by atoms with Gasteiger partial charge in [0.1, 0.15) is 17.5 Å². The van der Waals surface area contributed by atoms with Crippen LogP contribution in [0.25, 0.3) is 286 Å². The Bertz CT molecular complexity index is 11400. The molecule has 0 radical (unpaired) electrons. The Kier molecular flexibility index (Phi) is 17.4. The van der Waals surface area contributed by atoms with Crippen LogP contribution in [0.4, 0.5) is 0 Å². The molecular formula is C134H82N12. The minimum atomic E-state index is -0.430. The van der Waals surface area contributed by atoms with Crippen LogP contribution in [0.1, 0.15) is 6.85 Å². The van der Waals surface area contributed by atoms with Gasteiger partial charge >= 0.3 is 0 Å². The number of fused-ring (bicyclic) bond motifs is 28. The maximum absolute atomic E-state index is 9.00. The number of aromatic nitrogens is 12. The first-order valence-corrected chi connectivity index (χ1v) is 49.2. The second kappa shape index (κ2) is 32.9. The monoisotopic (exact) mass is 1860 g/mol. The van der Waals surface area contributed by atoms with Crippen molar-refractivity contribution in [3.05, 3.63) is 497 Å². The van der Waals surface area contributed by atoms with Gasteiger partial charge in [-0.05, 0) is 230 Å². The topological polar surface area (TPSA) is 107 Å². The van der Waals surface area contributed by atoms with E-state index in [1.54, 1.807) is 4.57 Å². The predicted octanol–water partition coefficient (Wildman–Crippen LogP) is 34.2. The minimum absolute atomic E-state index is 0.0936. The zero-order valence-electron chi connectivity index (χ0n) is 83.3. The smallest absolute Gasteiger partial charge is 0.164 e. The number of hydrogen-bond acceptors (Lipinski definition) is 6. The third-order valence-corrected chi connectivity index (χ3v) is 29.5. The molecule has 0 saturated carbocycles. The van der Waals surface area contributed by atoms with E-state index in [0.29, 0.717) is 23.0 Å². The molecule has 0 aliphatic rings. The standard InChI is InChI=1S/2C46H28N4.C42H26N4/c1-2-15-33(16-3-1)49-41-24-23-32(27-38(41)44-34-17-7-6-12-29(34)22-25-42(44)49)45-47-39-20-10-8-19-36(39)46(48-45)50-40-21-11-9-18-35(40)37-26-30-13-4-5-14-31(30)28-43(37)50;1-2-15-33(16-3-1)49-41-25-23-29-12-6-7-17-34(29)44(41)37-24-22-32(28-42(37)49)45-47-39-20-10-8-19-36(39)46(48-45)50-40-21-11-9-18-35(40)38-26-30-13-4-5-14-31(30)27-43(38)50;1-2-15-29(16-3-1)45-37-23-10-7-17-30(37)32-20-12-21-34(40(32)45)41-43-36-22-9-6-19-33(36)42(44-41)46-38-24-11-8-18-31(38)35-25-27-13-4-5-14-28(27)26-39(35)46/h2*1-28H;1-26H/i;1D,2D,3D,15D,16D;. The number of benzene rings is 23. The minimum Gasteiger partial charge on any atom is -0.309 e. The van der Waals surface area contributed by atoms with E-state index in [-0.39, 0.29) is 29.9 Å². The van der Waals surface area contributed by atoms with Crippen molar-refractivity contribution in [2.75, 3.05) is 0 Å². The van der Waals surface area contributed by atoms with E-state index in [1.165, 1.54) is 86.3 Å². The molecule has 678 valence electrons. The molecule has 146 heavy (non-hydrogen) atoms. The number of para-hydroxylation sites is 11. The maximum Gasteiger partial charge on any atom is 0.164 e. The molecule has 0 aliphatic heterocycles. The fraction of sp³-hybridized carbons (Fsp3) is 0. The van der Waals surface area contributed by atoms with E-state index < -0.39 is 6.04 Å². The van der Waals surface area contributed by atoms with Crippen molar-refractivity contribution < 1.29 is 6.85 Å². The van der Waals surface area contributed by atoms with Crippen LogP contribution in [-0.4, -0.2) is 57.3 Å². The van der Waals surface area contributed by atoms with Gasteiger partial charge < -0.3 is 13.7 Å². The van der Waals surface area contributed by atoms with Crippen LogP contribution in [0.5, 0.6) is 0 Å². The third kappa shape index (κ3) is 12.9. The zero-order valence-corrected chi connectivity index (χ0v) is 78.3. The summed E-state index contributed by atoms with van der Waals surface area (Å²) in [6.45, 7) is 0. The number of nitrogens with zero attached hydrogens (tertiary/aromatic N) is 12. The van der Waals surface area contributed by atoms with Gasteiger partial charge in [-0.3, -0.25) is 13.7 Å². The highest BCUT2D eigenvalue weighted by molar-refractivity contribution is 6.25. The molecule has 0 saturated heterocycles. The molecule has 12 heteroatoms. The second-order valence-electron chi connectivity index (χ2n) is 37.6. The zero-order chi connectivity index (χ0) is 100. The summed E-state index contributed by atoms with van der Waals surface area (Å²) in [7, 11) is 0. The van der Waals surface area contributed by atoms with Gasteiger partial charge in [0.05, 0.1) is 89.6 Å². The normalized spacial score (nSPS) is 12.5. The number of hydrogen-bond donors (Lipinski definition) is 0. The summed E-state index contributed by atoms with van der Waals surface area (Å²) in [6, 6.07) is 162. The molecule has 0 spiro atoms. The van der Waals surface area contributed by atoms with Crippen molar-refractivity contribution in [2.45, 2.75) is 0 Å². The highest BCUT2D eigenvalue weighted by Gasteiger charge is 2.28. The maximum atomic E-state index is 9.00. The van der Waals surface area contributed by atoms with E-state index in [4.69, 9.17) is 36.8 Å². The van der Waals surface area contributed by atoms with E-state index in [0.717, 1.165) is 171 Å². The summed E-state index contributed by atoms with van der Waals surface area (Å²) in [6.07, 6.45) is 0. The quantitative estimate of drug-likeness (QED) is 0.142. The average molecular weight is 1870 g/mol. The van der Waals surface area contributed by atoms with Gasteiger partial charge in [-0.1, -0.05) is 321 Å². The lowest BCUT2D eigenvalue weighted by Crippen LogP contribution is -2.03. The van der Waals surface area contributed by atoms with Gasteiger partial charge in [-0.15, -0.1) is 0 Å². The molecule has 0 N–H and O–H groups in total. The van der Waals surface area contributed by atoms with Gasteiger partial charge in [0.2, 0.25) is 0 Å². The Morgan fingerprint density at radius 1 is 0.164 bits per heavy atom. The van der Waals surface area contributed by atoms with E-state index >= 15 is 0 Å². The molecule has 0 amide bonds. The Labute approximate surface area is 842 Å². The summed E-state index contributed by atoms with van der Waals surface area (Å²) in [5.74, 6) is 4.41. The van der Waals surface area contributed by atoms with Crippen LogP contribution in [-0.2, 0) is 0 Å². The lowest BCUT2D eigenvalue weighted by Gasteiger charge is -2.14. The largest absolute Gasteiger partial charge is 0.309 e. The first-order valence-electron chi connectivity index (χ1n) is 51.7. The van der Waals surface area contributed by atoms with Crippen molar-refractivity contribution in [2.24, 2.45) is 0 Å². The SMILES string of the molecule is [2H]c1c([2H])c([2H])c(-n2c3cc(-c4nc(-n5c6ccccc6c6cc7ccccc7cc65)c5ccccc5n4)ccc3c3c4ccccc4ccc32)c([2H])c1[2H].c1ccc(-n2c3ccc(-c4nc(-n5c6ccccc6c6cc7ccccc7cc65)c5ccccc5n4)cc3c3c4ccccc4ccc32)cc1.c1ccc(-n2c3ccccc3c3cccc(-c4nc(-n5c6ccccc6c6cc7ccccc7cc65)c5ccccc5n4)c32)cc1. The van der Waals surface area contributed by atoms with Crippen LogP contribution >= 0.6 is 0 Å². The van der Waals surface area contributed by atoms with Crippen LogP contribution < -0.4 is 0 Å². The van der Waals surface area contributed by atoms with Crippen LogP contribution in [0, 0.1) is 0 Å². The summed E-state index contributed by atoms with van der Waals surface area (Å²) in [5, 5.41) is 28.3. The Morgan fingerprint density at radius 3 is 0.952 bits per heavy atom. The van der Waals surface area contributed by atoms with Crippen molar-refractivity contribution in [3.63, 3.8) is 0 Å². The van der Waals surface area contributed by atoms with Gasteiger partial charge in [-0.25, -0.2) is 29.9 Å². The second-order valence-corrected chi connectivity index (χ2v) is 37.6. The van der Waals surface area contributed by atoms with Gasteiger partial charge in [0.25, 0.3) is 0 Å². The highest BCUT2D eigenvalue weighted by atomic mass is 15.1. The number of rotatable bonds is 9. The molecule has 32 rings (SSSR count). The summed E-state index contributed by atoms with van der Waals surface area (Å²) in [5.41, 5.74) is 20.3. The fourth-order valence-corrected chi connectivity index (χ4v) is 23.1. The molecule has 9 aromatic heterocycles. The van der Waals surface area contributed by atoms with E-state index in [2.05, 4.69) is 429 Å². The fourth-order valence-electron chi connectivity index (χ4n) is 23.1. The van der Waals surface area contributed by atoms with E-state index in [9.17, 15) is 0 Å². The van der Waals surface area contributed by atoms with Gasteiger partial charge in [-0.2, -0.15) is 0 Å². The molecule has 23 aromatic carbocycles. The van der Waals surface area contributed by atoms with Gasteiger partial charge in [0, 0.05) is 115 Å². The molecule has 12 nitrogen and oxygen atoms in total. The molecule has 0 atom stereocenters. The average Bonchev–Trinajstić information content (AvgIpc) is 1.56. The predicted molar refractivity (Wildman–Crippen MR) is 608 cm³/mol. The van der Waals surface area contributed by atoms with Crippen molar-refractivity contribution >= 4 is 217 Å². The Morgan fingerprint density at radius 2 is 0.486 bits per heavy atom. The lowest BCUT2D eigenvalue weighted by molar-refractivity contribution is 1.07. The molecule has 9 heterocycles. The highest BCUT2D eigenvalue weighted by Crippen LogP contribution is 2.48. The Balaban J connectivity index is 0.000000104. The first-order chi connectivity index (χ1) is 74.5. The lowest BCUT2D eigenvalue weighted by atomic mass is 10.0. The van der Waals surface area contributed by atoms with Crippen LogP contribution in [0.2, 0.25) is 0 Å². The summed E-state index contributed by atoms with van der Waals surface area (Å²) < 4.78 is 56.8. The molecule has 0 fully saturated rings. The van der Waals surface area contributed by atoms with Crippen LogP contribution in [0.15, 0.2) is 497 Å². The van der Waals surface area contributed by atoms with Crippen molar-refractivity contribution in [1.82, 2.24) is 57.3 Å². The van der Waals surface area contributed by atoms with Crippen LogP contribution in [0.3, 0.4) is 0 Å². The Hall–Kier alpha value is -19.8. The third-order valence-electron chi connectivity index (χ3n) is 29.5. The van der Waals surface area contributed by atoms with Gasteiger partial charge in [0.15, 0.2) is 17.5 Å². The summed E-state index contributed by atoms with van der Waals surface area (Å²) in [4.78, 5) is 31.9.